The van der Waals surface area contributed by atoms with E-state index in [9.17, 15) is 21.6 Å². The molecule has 0 N–H and O–H groups in total. The van der Waals surface area contributed by atoms with E-state index in [0.717, 1.165) is 12.3 Å². The van der Waals surface area contributed by atoms with Gasteiger partial charge < -0.3 is 0 Å². The molecule has 0 saturated heterocycles. The third-order valence-corrected chi connectivity index (χ3v) is 3.98. The minimum atomic E-state index is -4.55. The molecule has 102 valence electrons. The Hall–Kier alpha value is -1.04. The lowest BCUT2D eigenvalue weighted by Crippen LogP contribution is -2.13. The summed E-state index contributed by atoms with van der Waals surface area (Å²) in [5.74, 6) is -0.174. The van der Waals surface area contributed by atoms with Crippen molar-refractivity contribution >= 4 is 9.84 Å². The Labute approximate surface area is 105 Å². The van der Waals surface area contributed by atoms with Gasteiger partial charge in [-0.25, -0.2) is 8.42 Å². The predicted octanol–water partition coefficient (Wildman–Crippen LogP) is 3.54. The fourth-order valence-electron chi connectivity index (χ4n) is 1.72. The molecule has 0 fully saturated rings. The summed E-state index contributed by atoms with van der Waals surface area (Å²) in [5, 5.41) is 0. The maximum atomic E-state index is 12.9. The summed E-state index contributed by atoms with van der Waals surface area (Å²) in [6.45, 7) is 4.62. The van der Waals surface area contributed by atoms with Crippen molar-refractivity contribution in [2.75, 3.05) is 6.26 Å². The first-order valence-electron chi connectivity index (χ1n) is 5.36. The quantitative estimate of drug-likeness (QED) is 0.830. The van der Waals surface area contributed by atoms with Crippen LogP contribution in [0.5, 0.6) is 0 Å². The third-order valence-electron chi connectivity index (χ3n) is 2.75. The van der Waals surface area contributed by atoms with Crippen LogP contribution >= 0.6 is 0 Å². The molecule has 2 nitrogen and oxygen atoms in total. The number of halogens is 3. The molecule has 18 heavy (non-hydrogen) atoms. The second-order valence-corrected chi connectivity index (χ2v) is 6.60. The zero-order chi connectivity index (χ0) is 14.3. The van der Waals surface area contributed by atoms with Gasteiger partial charge in [0.05, 0.1) is 10.5 Å². The molecule has 1 rings (SSSR count). The van der Waals surface area contributed by atoms with Crippen LogP contribution in [0.3, 0.4) is 0 Å². The van der Waals surface area contributed by atoms with E-state index in [-0.39, 0.29) is 16.4 Å². The monoisotopic (exact) mass is 280 g/mol. The van der Waals surface area contributed by atoms with E-state index >= 15 is 0 Å². The standard InChI is InChI=1S/C12H15F3O2S/c1-7(2)9-5-10(12(13,14)15)8(3)11(6-9)18(4,16)17/h5-7H,1-4H3. The molecule has 0 amide bonds. The van der Waals surface area contributed by atoms with Crippen molar-refractivity contribution in [3.05, 3.63) is 28.8 Å². The van der Waals surface area contributed by atoms with E-state index in [2.05, 4.69) is 0 Å². The second kappa shape index (κ2) is 4.57. The van der Waals surface area contributed by atoms with Gasteiger partial charge in [-0.2, -0.15) is 13.2 Å². The minimum Gasteiger partial charge on any atom is -0.224 e. The van der Waals surface area contributed by atoms with Gasteiger partial charge in [0.1, 0.15) is 0 Å². The highest BCUT2D eigenvalue weighted by atomic mass is 32.2. The number of hydrogen-bond acceptors (Lipinski definition) is 2. The molecule has 1 aromatic rings. The van der Waals surface area contributed by atoms with Crippen molar-refractivity contribution in [2.45, 2.75) is 37.8 Å². The molecular formula is C12H15F3O2S. The molecule has 0 aliphatic rings. The second-order valence-electron chi connectivity index (χ2n) is 4.62. The van der Waals surface area contributed by atoms with E-state index < -0.39 is 21.6 Å². The lowest BCUT2D eigenvalue weighted by atomic mass is 9.97. The van der Waals surface area contributed by atoms with E-state index in [1.54, 1.807) is 13.8 Å². The van der Waals surface area contributed by atoms with E-state index in [1.807, 2.05) is 0 Å². The van der Waals surface area contributed by atoms with Gasteiger partial charge in [0.25, 0.3) is 0 Å². The van der Waals surface area contributed by atoms with Crippen LogP contribution in [0.25, 0.3) is 0 Å². The molecule has 0 bridgehead atoms. The molecule has 0 unspecified atom stereocenters. The fraction of sp³-hybridized carbons (Fsp3) is 0.500. The van der Waals surface area contributed by atoms with Gasteiger partial charge in [-0.05, 0) is 36.1 Å². The Morgan fingerprint density at radius 2 is 1.67 bits per heavy atom. The van der Waals surface area contributed by atoms with E-state index in [0.29, 0.717) is 5.56 Å². The minimum absolute atomic E-state index is 0.174. The summed E-state index contributed by atoms with van der Waals surface area (Å²) >= 11 is 0. The average molecular weight is 280 g/mol. The molecule has 0 radical (unpaired) electrons. The van der Waals surface area contributed by atoms with Gasteiger partial charge in [-0.1, -0.05) is 13.8 Å². The number of sulfone groups is 1. The molecule has 0 aliphatic carbocycles. The van der Waals surface area contributed by atoms with Crippen LogP contribution in [-0.2, 0) is 16.0 Å². The highest BCUT2D eigenvalue weighted by Gasteiger charge is 2.35. The predicted molar refractivity (Wildman–Crippen MR) is 63.4 cm³/mol. The first kappa shape index (κ1) is 15.0. The molecule has 0 aromatic heterocycles. The SMILES string of the molecule is Cc1c(C(F)(F)F)cc(C(C)C)cc1S(C)(=O)=O. The van der Waals surface area contributed by atoms with Crippen molar-refractivity contribution in [1.82, 2.24) is 0 Å². The van der Waals surface area contributed by atoms with Crippen LogP contribution in [0, 0.1) is 6.92 Å². The van der Waals surface area contributed by atoms with Crippen molar-refractivity contribution in [3.8, 4) is 0 Å². The first-order valence-corrected chi connectivity index (χ1v) is 7.25. The zero-order valence-electron chi connectivity index (χ0n) is 10.6. The highest BCUT2D eigenvalue weighted by molar-refractivity contribution is 7.90. The van der Waals surface area contributed by atoms with Crippen molar-refractivity contribution in [1.29, 1.82) is 0 Å². The molecule has 0 spiro atoms. The van der Waals surface area contributed by atoms with E-state index in [1.165, 1.54) is 13.0 Å². The van der Waals surface area contributed by atoms with Crippen LogP contribution in [0.2, 0.25) is 0 Å². The lowest BCUT2D eigenvalue weighted by molar-refractivity contribution is -0.138. The first-order chi connectivity index (χ1) is 7.94. The third kappa shape index (κ3) is 3.04. The van der Waals surface area contributed by atoms with Crippen molar-refractivity contribution < 1.29 is 21.6 Å². The Bertz CT molecular complexity index is 557. The number of alkyl halides is 3. The molecular weight excluding hydrogens is 265 g/mol. The zero-order valence-corrected chi connectivity index (χ0v) is 11.4. The fourth-order valence-corrected chi connectivity index (χ4v) is 2.74. The Balaban J connectivity index is 3.70. The van der Waals surface area contributed by atoms with Crippen LogP contribution in [0.15, 0.2) is 17.0 Å². The molecule has 0 heterocycles. The van der Waals surface area contributed by atoms with Gasteiger partial charge in [-0.3, -0.25) is 0 Å². The maximum Gasteiger partial charge on any atom is 0.416 e. The summed E-state index contributed by atoms with van der Waals surface area (Å²) in [6, 6.07) is 2.35. The molecule has 1 aromatic carbocycles. The topological polar surface area (TPSA) is 34.1 Å². The van der Waals surface area contributed by atoms with Gasteiger partial charge in [0, 0.05) is 6.26 Å². The van der Waals surface area contributed by atoms with Crippen molar-refractivity contribution in [3.63, 3.8) is 0 Å². The van der Waals surface area contributed by atoms with Gasteiger partial charge in [0.15, 0.2) is 9.84 Å². The normalized spacial score (nSPS) is 13.1. The molecule has 0 saturated carbocycles. The number of hydrogen-bond donors (Lipinski definition) is 0. The largest absolute Gasteiger partial charge is 0.416 e. The van der Waals surface area contributed by atoms with Crippen LogP contribution in [-0.4, -0.2) is 14.7 Å². The Kier molecular flexibility index (Phi) is 3.81. The van der Waals surface area contributed by atoms with Crippen molar-refractivity contribution in [2.24, 2.45) is 0 Å². The smallest absolute Gasteiger partial charge is 0.224 e. The summed E-state index contributed by atoms with van der Waals surface area (Å²) in [4.78, 5) is -0.249. The van der Waals surface area contributed by atoms with Crippen LogP contribution in [0.1, 0.15) is 36.5 Å². The maximum absolute atomic E-state index is 12.9. The highest BCUT2D eigenvalue weighted by Crippen LogP contribution is 2.36. The lowest BCUT2D eigenvalue weighted by Gasteiger charge is -2.17. The van der Waals surface area contributed by atoms with Gasteiger partial charge >= 0.3 is 6.18 Å². The average Bonchev–Trinajstić information content (AvgIpc) is 2.13. The Morgan fingerprint density at radius 1 is 1.17 bits per heavy atom. The number of rotatable bonds is 2. The molecule has 6 heteroatoms. The number of benzene rings is 1. The summed E-state index contributed by atoms with van der Waals surface area (Å²) in [7, 11) is -3.67. The Morgan fingerprint density at radius 3 is 2.00 bits per heavy atom. The molecule has 0 aliphatic heterocycles. The van der Waals surface area contributed by atoms with Gasteiger partial charge in [-0.15, -0.1) is 0 Å². The van der Waals surface area contributed by atoms with Crippen LogP contribution in [0.4, 0.5) is 13.2 Å². The summed E-state index contributed by atoms with van der Waals surface area (Å²) in [6.07, 6.45) is -3.63. The van der Waals surface area contributed by atoms with E-state index in [4.69, 9.17) is 0 Å². The van der Waals surface area contributed by atoms with Crippen LogP contribution < -0.4 is 0 Å². The summed E-state index contributed by atoms with van der Waals surface area (Å²) < 4.78 is 61.7. The summed E-state index contributed by atoms with van der Waals surface area (Å²) in [5.41, 5.74) is -0.753. The van der Waals surface area contributed by atoms with Gasteiger partial charge in [0.2, 0.25) is 0 Å². The molecule has 0 atom stereocenters.